The van der Waals surface area contributed by atoms with Gasteiger partial charge in [-0.25, -0.2) is 9.37 Å². The van der Waals surface area contributed by atoms with Crippen molar-refractivity contribution in [2.75, 3.05) is 6.54 Å². The van der Waals surface area contributed by atoms with Crippen molar-refractivity contribution in [2.45, 2.75) is 13.0 Å². The predicted molar refractivity (Wildman–Crippen MR) is 77.9 cm³/mol. The molecule has 19 heavy (non-hydrogen) atoms. The Morgan fingerprint density at radius 3 is 3.00 bits per heavy atom. The fourth-order valence-electron chi connectivity index (χ4n) is 2.15. The highest BCUT2D eigenvalue weighted by atomic mass is 79.9. The Labute approximate surface area is 123 Å². The topological polar surface area (TPSA) is 40.7 Å². The van der Waals surface area contributed by atoms with Crippen LogP contribution in [0.2, 0.25) is 0 Å². The molecule has 0 saturated carbocycles. The monoisotopic (exact) mass is 339 g/mol. The van der Waals surface area contributed by atoms with E-state index < -0.39 is 0 Å². The molecule has 6 heteroatoms. The van der Waals surface area contributed by atoms with Crippen molar-refractivity contribution in [3.05, 3.63) is 44.4 Å². The third kappa shape index (κ3) is 2.48. The molecule has 0 atom stereocenters. The molecule has 1 aromatic carbocycles. The molecule has 3 rings (SSSR count). The first-order valence-electron chi connectivity index (χ1n) is 5.93. The number of H-pyrrole nitrogens is 1. The van der Waals surface area contributed by atoms with E-state index in [9.17, 15) is 4.39 Å². The van der Waals surface area contributed by atoms with Gasteiger partial charge in [0.25, 0.3) is 0 Å². The smallest absolute Gasteiger partial charge is 0.139 e. The van der Waals surface area contributed by atoms with Crippen molar-refractivity contribution < 1.29 is 4.39 Å². The van der Waals surface area contributed by atoms with Crippen molar-refractivity contribution in [2.24, 2.45) is 0 Å². The molecule has 0 fully saturated rings. The van der Waals surface area contributed by atoms with Crippen LogP contribution in [0.1, 0.15) is 11.3 Å². The first-order chi connectivity index (χ1) is 9.15. The lowest BCUT2D eigenvalue weighted by atomic mass is 10.1. The largest absolute Gasteiger partial charge is 0.343 e. The summed E-state index contributed by atoms with van der Waals surface area (Å²) in [6.45, 7) is 1.68. The van der Waals surface area contributed by atoms with Gasteiger partial charge in [0, 0.05) is 36.3 Å². The number of fused-ring (bicyclic) bond motifs is 1. The number of aromatic nitrogens is 2. The van der Waals surface area contributed by atoms with Crippen LogP contribution < -0.4 is 5.32 Å². The summed E-state index contributed by atoms with van der Waals surface area (Å²) in [6.07, 6.45) is 0.900. The second kappa shape index (κ2) is 5.11. The minimum absolute atomic E-state index is 0.287. The lowest BCUT2D eigenvalue weighted by Gasteiger charge is -2.17. The highest BCUT2D eigenvalue weighted by Gasteiger charge is 2.14. The Kier molecular flexibility index (Phi) is 3.47. The zero-order chi connectivity index (χ0) is 13.4. The second-order valence-electron chi connectivity index (χ2n) is 4.40. The fourth-order valence-corrected chi connectivity index (χ4v) is 2.81. The van der Waals surface area contributed by atoms with E-state index in [4.69, 9.17) is 12.2 Å². The molecule has 0 spiro atoms. The number of halogens is 2. The van der Waals surface area contributed by atoms with Gasteiger partial charge in [0.1, 0.15) is 16.3 Å². The van der Waals surface area contributed by atoms with Gasteiger partial charge in [0.05, 0.1) is 4.47 Å². The Morgan fingerprint density at radius 2 is 2.21 bits per heavy atom. The van der Waals surface area contributed by atoms with Crippen molar-refractivity contribution in [1.82, 2.24) is 15.3 Å². The third-order valence-electron chi connectivity index (χ3n) is 3.15. The van der Waals surface area contributed by atoms with Gasteiger partial charge < -0.3 is 10.3 Å². The molecular formula is C13H11BrFN3S. The van der Waals surface area contributed by atoms with Crippen molar-refractivity contribution in [1.29, 1.82) is 0 Å². The van der Waals surface area contributed by atoms with Crippen LogP contribution in [0.3, 0.4) is 0 Å². The molecule has 98 valence electrons. The summed E-state index contributed by atoms with van der Waals surface area (Å²) < 4.78 is 14.3. The van der Waals surface area contributed by atoms with Gasteiger partial charge >= 0.3 is 0 Å². The summed E-state index contributed by atoms with van der Waals surface area (Å²) in [5, 5.41) is 3.27. The third-order valence-corrected chi connectivity index (χ3v) is 4.10. The van der Waals surface area contributed by atoms with E-state index in [1.54, 1.807) is 12.1 Å². The molecule has 0 saturated heterocycles. The Morgan fingerprint density at radius 1 is 1.37 bits per heavy atom. The second-order valence-corrected chi connectivity index (χ2v) is 5.64. The van der Waals surface area contributed by atoms with Crippen LogP contribution >= 0.6 is 28.1 Å². The molecule has 2 aromatic rings. The quantitative estimate of drug-likeness (QED) is 0.783. The van der Waals surface area contributed by atoms with Crippen LogP contribution in [-0.4, -0.2) is 16.5 Å². The zero-order valence-corrected chi connectivity index (χ0v) is 12.4. The maximum atomic E-state index is 13.3. The number of hydrogen-bond acceptors (Lipinski definition) is 3. The molecule has 1 aliphatic heterocycles. The van der Waals surface area contributed by atoms with Gasteiger partial charge in [-0.15, -0.1) is 0 Å². The lowest BCUT2D eigenvalue weighted by molar-refractivity contribution is 0.620. The number of hydrogen-bond donors (Lipinski definition) is 2. The van der Waals surface area contributed by atoms with Gasteiger partial charge in [0.15, 0.2) is 0 Å². The Hall–Kier alpha value is -1.11. The Balaban J connectivity index is 2.12. The summed E-state index contributed by atoms with van der Waals surface area (Å²) in [5.41, 5.74) is 3.00. The van der Waals surface area contributed by atoms with Crippen LogP contribution in [0.4, 0.5) is 4.39 Å². The first kappa shape index (κ1) is 12.9. The van der Waals surface area contributed by atoms with E-state index in [2.05, 4.69) is 31.2 Å². The average Bonchev–Trinajstić information content (AvgIpc) is 2.42. The molecule has 0 radical (unpaired) electrons. The maximum absolute atomic E-state index is 13.3. The molecule has 1 aromatic heterocycles. The van der Waals surface area contributed by atoms with Gasteiger partial charge in [-0.2, -0.15) is 0 Å². The van der Waals surface area contributed by atoms with Crippen LogP contribution in [0.25, 0.3) is 11.4 Å². The van der Waals surface area contributed by atoms with Crippen LogP contribution in [0.5, 0.6) is 0 Å². The van der Waals surface area contributed by atoms with E-state index in [0.717, 1.165) is 36.3 Å². The van der Waals surface area contributed by atoms with E-state index in [1.807, 2.05) is 0 Å². The summed E-state index contributed by atoms with van der Waals surface area (Å²) in [7, 11) is 0. The van der Waals surface area contributed by atoms with Gasteiger partial charge in [-0.1, -0.05) is 12.2 Å². The lowest BCUT2D eigenvalue weighted by Crippen LogP contribution is -2.25. The fraction of sp³-hybridized carbons (Fsp3) is 0.231. The molecular weight excluding hydrogens is 329 g/mol. The maximum Gasteiger partial charge on any atom is 0.139 e. The normalized spacial score (nSPS) is 14.2. The minimum Gasteiger partial charge on any atom is -0.343 e. The Bertz CT molecular complexity index is 699. The zero-order valence-electron chi connectivity index (χ0n) is 9.96. The molecule has 0 amide bonds. The van der Waals surface area contributed by atoms with Crippen LogP contribution in [0.15, 0.2) is 22.7 Å². The average molecular weight is 340 g/mol. The summed E-state index contributed by atoms with van der Waals surface area (Å²) >= 11 is 8.51. The highest BCUT2D eigenvalue weighted by Crippen LogP contribution is 2.24. The molecule has 0 bridgehead atoms. The number of nitrogens with zero attached hydrogens (tertiary/aromatic N) is 1. The number of rotatable bonds is 1. The van der Waals surface area contributed by atoms with E-state index in [0.29, 0.717) is 14.9 Å². The van der Waals surface area contributed by atoms with Gasteiger partial charge in [-0.05, 0) is 34.1 Å². The first-order valence-corrected chi connectivity index (χ1v) is 7.13. The van der Waals surface area contributed by atoms with Crippen LogP contribution in [-0.2, 0) is 13.0 Å². The van der Waals surface area contributed by atoms with Gasteiger partial charge in [-0.3, -0.25) is 0 Å². The van der Waals surface area contributed by atoms with E-state index >= 15 is 0 Å². The van der Waals surface area contributed by atoms with Crippen molar-refractivity contribution in [3.8, 4) is 11.4 Å². The van der Waals surface area contributed by atoms with Crippen LogP contribution in [0, 0.1) is 10.5 Å². The molecule has 2 N–H and O–H groups in total. The summed E-state index contributed by atoms with van der Waals surface area (Å²) in [5.74, 6) is 0.399. The van der Waals surface area contributed by atoms with Crippen molar-refractivity contribution in [3.63, 3.8) is 0 Å². The summed E-state index contributed by atoms with van der Waals surface area (Å²) in [6, 6.07) is 4.82. The molecule has 3 nitrogen and oxygen atoms in total. The highest BCUT2D eigenvalue weighted by molar-refractivity contribution is 9.10. The van der Waals surface area contributed by atoms with E-state index in [1.165, 1.54) is 6.07 Å². The molecule has 1 aliphatic rings. The molecule has 2 heterocycles. The SMILES string of the molecule is Fc1ccc(-c2nc(=S)c3c([nH]2)CCNC3)cc1Br. The molecule has 0 aliphatic carbocycles. The van der Waals surface area contributed by atoms with Gasteiger partial charge in [0.2, 0.25) is 0 Å². The number of aromatic amines is 1. The van der Waals surface area contributed by atoms with Crippen molar-refractivity contribution >= 4 is 28.1 Å². The standard InChI is InChI=1S/C13H11BrFN3S/c14-9-5-7(1-2-10(9)15)12-17-11-3-4-16-6-8(11)13(19)18-12/h1-2,5,16H,3-4,6H2,(H,17,18,19). The van der Waals surface area contributed by atoms with E-state index in [-0.39, 0.29) is 5.82 Å². The number of nitrogens with one attached hydrogen (secondary N) is 2. The predicted octanol–water partition coefficient (Wildman–Crippen LogP) is 3.35. The molecule has 0 unspecified atom stereocenters. The minimum atomic E-state index is -0.287. The number of benzene rings is 1. The summed E-state index contributed by atoms with van der Waals surface area (Å²) in [4.78, 5) is 7.71.